The number of rotatable bonds is 7. The van der Waals surface area contributed by atoms with Crippen molar-refractivity contribution in [2.75, 3.05) is 17.2 Å². The van der Waals surface area contributed by atoms with E-state index in [1.165, 1.54) is 0 Å². The first kappa shape index (κ1) is 18.1. The van der Waals surface area contributed by atoms with Gasteiger partial charge in [0.1, 0.15) is 5.82 Å². The van der Waals surface area contributed by atoms with Crippen LogP contribution in [0.15, 0.2) is 36.5 Å². The van der Waals surface area contributed by atoms with Crippen LogP contribution in [0, 0.1) is 5.92 Å². The van der Waals surface area contributed by atoms with Gasteiger partial charge in [-0.25, -0.2) is 0 Å². The number of nitrogens with zero attached hydrogens (tertiary/aromatic N) is 4. The molecule has 0 unspecified atom stereocenters. The Kier molecular flexibility index (Phi) is 5.37. The monoisotopic (exact) mass is 353 g/mol. The van der Waals surface area contributed by atoms with E-state index in [4.69, 9.17) is 5.73 Å². The third-order valence-corrected chi connectivity index (χ3v) is 4.66. The maximum absolute atomic E-state index is 6.27. The van der Waals surface area contributed by atoms with Crippen molar-refractivity contribution >= 4 is 22.8 Å². The zero-order valence-electron chi connectivity index (χ0n) is 15.8. The molecule has 26 heavy (non-hydrogen) atoms. The standard InChI is InChI=1S/C19H27N7/c1-12(2)13(3)23-17-15-10-22-26(4)18(15)25-19(24-17)21-11-16(20)14-8-6-5-7-9-14/h5-10,12-13,16H,11,20H2,1-4H3,(H2,21,23,24,25)/t13-,16+/m1/s1. The van der Waals surface area contributed by atoms with E-state index in [9.17, 15) is 0 Å². The lowest BCUT2D eigenvalue weighted by atomic mass is 10.1. The summed E-state index contributed by atoms with van der Waals surface area (Å²) in [5, 5.41) is 12.0. The van der Waals surface area contributed by atoms with E-state index in [1.54, 1.807) is 10.9 Å². The van der Waals surface area contributed by atoms with Crippen LogP contribution < -0.4 is 16.4 Å². The minimum atomic E-state index is -0.131. The quantitative estimate of drug-likeness (QED) is 0.605. The summed E-state index contributed by atoms with van der Waals surface area (Å²) in [4.78, 5) is 9.26. The van der Waals surface area contributed by atoms with Crippen molar-refractivity contribution in [3.8, 4) is 0 Å². The molecule has 0 spiro atoms. The molecule has 0 amide bonds. The van der Waals surface area contributed by atoms with Crippen LogP contribution in [0.25, 0.3) is 11.0 Å². The second-order valence-corrected chi connectivity index (χ2v) is 6.98. The lowest BCUT2D eigenvalue weighted by molar-refractivity contribution is 0.559. The molecule has 2 heterocycles. The van der Waals surface area contributed by atoms with Crippen molar-refractivity contribution < 1.29 is 0 Å². The summed E-state index contributed by atoms with van der Waals surface area (Å²) in [7, 11) is 1.88. The van der Waals surface area contributed by atoms with Crippen LogP contribution in [0.5, 0.6) is 0 Å². The van der Waals surface area contributed by atoms with Crippen molar-refractivity contribution in [3.05, 3.63) is 42.1 Å². The third-order valence-electron chi connectivity index (χ3n) is 4.66. The van der Waals surface area contributed by atoms with Crippen LogP contribution in [-0.2, 0) is 7.05 Å². The first-order valence-electron chi connectivity index (χ1n) is 8.96. The zero-order valence-corrected chi connectivity index (χ0v) is 15.8. The van der Waals surface area contributed by atoms with Crippen molar-refractivity contribution in [1.82, 2.24) is 19.7 Å². The number of benzene rings is 1. The van der Waals surface area contributed by atoms with Gasteiger partial charge in [-0.1, -0.05) is 44.2 Å². The molecule has 0 aliphatic rings. The number of hydrogen-bond donors (Lipinski definition) is 3. The lowest BCUT2D eigenvalue weighted by Gasteiger charge is -2.19. The Hall–Kier alpha value is -2.67. The van der Waals surface area contributed by atoms with E-state index in [2.05, 4.69) is 46.5 Å². The normalized spacial score (nSPS) is 13.8. The topological polar surface area (TPSA) is 93.7 Å². The first-order valence-corrected chi connectivity index (χ1v) is 8.96. The Morgan fingerprint density at radius 1 is 1.12 bits per heavy atom. The fourth-order valence-corrected chi connectivity index (χ4v) is 2.61. The molecule has 0 saturated heterocycles. The first-order chi connectivity index (χ1) is 12.5. The fraction of sp³-hybridized carbons (Fsp3) is 0.421. The smallest absolute Gasteiger partial charge is 0.226 e. The highest BCUT2D eigenvalue weighted by Gasteiger charge is 2.15. The summed E-state index contributed by atoms with van der Waals surface area (Å²) in [6.07, 6.45) is 1.80. The summed E-state index contributed by atoms with van der Waals surface area (Å²) < 4.78 is 1.75. The molecule has 0 radical (unpaired) electrons. The highest BCUT2D eigenvalue weighted by Crippen LogP contribution is 2.23. The highest BCUT2D eigenvalue weighted by atomic mass is 15.3. The summed E-state index contributed by atoms with van der Waals surface area (Å²) in [6.45, 7) is 7.05. The van der Waals surface area contributed by atoms with Gasteiger partial charge in [0.25, 0.3) is 0 Å². The van der Waals surface area contributed by atoms with Gasteiger partial charge in [-0.05, 0) is 18.4 Å². The second kappa shape index (κ2) is 7.70. The number of hydrogen-bond acceptors (Lipinski definition) is 6. The van der Waals surface area contributed by atoms with Crippen LogP contribution in [0.1, 0.15) is 32.4 Å². The van der Waals surface area contributed by atoms with E-state index < -0.39 is 0 Å². The molecule has 7 nitrogen and oxygen atoms in total. The van der Waals surface area contributed by atoms with Crippen LogP contribution in [0.4, 0.5) is 11.8 Å². The largest absolute Gasteiger partial charge is 0.367 e. The molecule has 2 aromatic heterocycles. The molecule has 1 aromatic carbocycles. The number of nitrogens with one attached hydrogen (secondary N) is 2. The second-order valence-electron chi connectivity index (χ2n) is 6.98. The summed E-state index contributed by atoms with van der Waals surface area (Å²) in [5.74, 6) is 1.82. The van der Waals surface area contributed by atoms with Gasteiger partial charge in [-0.15, -0.1) is 0 Å². The summed E-state index contributed by atoms with van der Waals surface area (Å²) >= 11 is 0. The van der Waals surface area contributed by atoms with E-state index in [0.29, 0.717) is 18.4 Å². The Morgan fingerprint density at radius 2 is 1.85 bits per heavy atom. The maximum Gasteiger partial charge on any atom is 0.226 e. The lowest BCUT2D eigenvalue weighted by Crippen LogP contribution is -2.24. The molecule has 0 bridgehead atoms. The molecule has 0 fully saturated rings. The van der Waals surface area contributed by atoms with Gasteiger partial charge in [0.2, 0.25) is 5.95 Å². The van der Waals surface area contributed by atoms with Crippen molar-refractivity contribution in [2.24, 2.45) is 18.7 Å². The number of anilines is 2. The number of nitrogens with two attached hydrogens (primary N) is 1. The Bertz CT molecular complexity index is 857. The minimum absolute atomic E-state index is 0.131. The van der Waals surface area contributed by atoms with Crippen LogP contribution in [0.3, 0.4) is 0 Å². The molecule has 3 rings (SSSR count). The predicted molar refractivity (Wildman–Crippen MR) is 106 cm³/mol. The van der Waals surface area contributed by atoms with Crippen molar-refractivity contribution in [2.45, 2.75) is 32.9 Å². The van der Waals surface area contributed by atoms with Gasteiger partial charge < -0.3 is 16.4 Å². The Morgan fingerprint density at radius 3 is 2.54 bits per heavy atom. The molecule has 4 N–H and O–H groups in total. The number of aromatic nitrogens is 4. The molecule has 0 aliphatic heterocycles. The van der Waals surface area contributed by atoms with Crippen LogP contribution in [0.2, 0.25) is 0 Å². The fourth-order valence-electron chi connectivity index (χ4n) is 2.61. The Balaban J connectivity index is 1.83. The zero-order chi connectivity index (χ0) is 18.7. The molecule has 3 aromatic rings. The van der Waals surface area contributed by atoms with Gasteiger partial charge in [0.15, 0.2) is 5.65 Å². The molecular formula is C19H27N7. The van der Waals surface area contributed by atoms with Crippen LogP contribution >= 0.6 is 0 Å². The third kappa shape index (κ3) is 3.94. The van der Waals surface area contributed by atoms with E-state index in [-0.39, 0.29) is 12.1 Å². The average Bonchev–Trinajstić information content (AvgIpc) is 3.01. The van der Waals surface area contributed by atoms with Crippen LogP contribution in [-0.4, -0.2) is 32.3 Å². The predicted octanol–water partition coefficient (Wildman–Crippen LogP) is 2.93. The number of fused-ring (bicyclic) bond motifs is 1. The summed E-state index contributed by atoms with van der Waals surface area (Å²) in [6, 6.07) is 10.2. The van der Waals surface area contributed by atoms with E-state index in [1.807, 2.05) is 37.4 Å². The van der Waals surface area contributed by atoms with E-state index in [0.717, 1.165) is 22.4 Å². The highest BCUT2D eigenvalue weighted by molar-refractivity contribution is 5.87. The SMILES string of the molecule is CC(C)[C@@H](C)Nc1nc(NC[C@H](N)c2ccccc2)nc2c1cnn2C. The average molecular weight is 353 g/mol. The van der Waals surface area contributed by atoms with Crippen molar-refractivity contribution in [3.63, 3.8) is 0 Å². The van der Waals surface area contributed by atoms with Crippen molar-refractivity contribution in [1.29, 1.82) is 0 Å². The maximum atomic E-state index is 6.27. The Labute approximate surface area is 154 Å². The number of aryl methyl sites for hydroxylation is 1. The molecule has 7 heteroatoms. The van der Waals surface area contributed by atoms with Gasteiger partial charge in [0, 0.05) is 25.7 Å². The van der Waals surface area contributed by atoms with Gasteiger partial charge >= 0.3 is 0 Å². The minimum Gasteiger partial charge on any atom is -0.367 e. The van der Waals surface area contributed by atoms with Gasteiger partial charge in [-0.2, -0.15) is 15.1 Å². The molecule has 0 saturated carbocycles. The molecular weight excluding hydrogens is 326 g/mol. The van der Waals surface area contributed by atoms with E-state index >= 15 is 0 Å². The summed E-state index contributed by atoms with van der Waals surface area (Å²) in [5.41, 5.74) is 8.14. The molecule has 0 aliphatic carbocycles. The molecule has 2 atom stereocenters. The van der Waals surface area contributed by atoms with Gasteiger partial charge in [0.05, 0.1) is 11.6 Å². The van der Waals surface area contributed by atoms with Gasteiger partial charge in [-0.3, -0.25) is 4.68 Å². The molecule has 138 valence electrons.